The Hall–Kier alpha value is -3.88. The van der Waals surface area contributed by atoms with Crippen molar-refractivity contribution in [1.82, 2.24) is 9.97 Å². The number of methoxy groups -OCH3 is 1. The number of amides is 1. The molecule has 7 nitrogen and oxygen atoms in total. The van der Waals surface area contributed by atoms with Crippen LogP contribution in [0, 0.1) is 18.6 Å². The van der Waals surface area contributed by atoms with Crippen molar-refractivity contribution < 1.29 is 23.1 Å². The number of ether oxygens (including phenoxy) is 1. The molecule has 0 spiro atoms. The summed E-state index contributed by atoms with van der Waals surface area (Å²) in [6.45, 7) is 1.67. The van der Waals surface area contributed by atoms with Crippen LogP contribution in [0.5, 0.6) is 0 Å². The Bertz CT molecular complexity index is 1090. The SMILES string of the molecule is COC(=O)c1cccc(Nc2nc(C)cc(C(=O)Nc3ccc(F)c(F)c3)n2)c1. The second kappa shape index (κ2) is 8.42. The average Bonchev–Trinajstić information content (AvgIpc) is 2.70. The van der Waals surface area contributed by atoms with Gasteiger partial charge in [-0.3, -0.25) is 4.79 Å². The molecule has 29 heavy (non-hydrogen) atoms. The zero-order valence-electron chi connectivity index (χ0n) is 15.5. The molecule has 0 aliphatic rings. The Morgan fingerprint density at radius 1 is 0.966 bits per heavy atom. The van der Waals surface area contributed by atoms with Gasteiger partial charge in [0.05, 0.1) is 12.7 Å². The summed E-state index contributed by atoms with van der Waals surface area (Å²) in [6, 6.07) is 11.0. The molecule has 0 aliphatic heterocycles. The van der Waals surface area contributed by atoms with Crippen molar-refractivity contribution in [1.29, 1.82) is 0 Å². The summed E-state index contributed by atoms with van der Waals surface area (Å²) >= 11 is 0. The maximum absolute atomic E-state index is 13.3. The summed E-state index contributed by atoms with van der Waals surface area (Å²) in [5.74, 6) is -3.07. The van der Waals surface area contributed by atoms with E-state index >= 15 is 0 Å². The largest absolute Gasteiger partial charge is 0.465 e. The molecule has 0 saturated carbocycles. The van der Waals surface area contributed by atoms with Crippen molar-refractivity contribution >= 4 is 29.2 Å². The second-order valence-corrected chi connectivity index (χ2v) is 6.00. The predicted molar refractivity (Wildman–Crippen MR) is 102 cm³/mol. The molecule has 148 valence electrons. The van der Waals surface area contributed by atoms with E-state index in [-0.39, 0.29) is 17.3 Å². The number of carbonyl (C=O) groups excluding carboxylic acids is 2. The molecular weight excluding hydrogens is 382 g/mol. The first kappa shape index (κ1) is 19.9. The summed E-state index contributed by atoms with van der Waals surface area (Å²) in [5, 5.41) is 5.37. The van der Waals surface area contributed by atoms with Gasteiger partial charge in [-0.05, 0) is 43.3 Å². The first-order chi connectivity index (χ1) is 13.9. The lowest BCUT2D eigenvalue weighted by Crippen LogP contribution is -2.15. The summed E-state index contributed by atoms with van der Waals surface area (Å²) in [7, 11) is 1.28. The molecule has 0 atom stereocenters. The van der Waals surface area contributed by atoms with Gasteiger partial charge in [0.25, 0.3) is 5.91 Å². The quantitative estimate of drug-likeness (QED) is 0.635. The Kier molecular flexibility index (Phi) is 5.77. The Balaban J connectivity index is 1.81. The Morgan fingerprint density at radius 2 is 1.76 bits per heavy atom. The van der Waals surface area contributed by atoms with Crippen molar-refractivity contribution in [2.75, 3.05) is 17.7 Å². The highest BCUT2D eigenvalue weighted by Gasteiger charge is 2.13. The van der Waals surface area contributed by atoms with Gasteiger partial charge in [0, 0.05) is 23.1 Å². The normalized spacial score (nSPS) is 10.3. The fourth-order valence-electron chi connectivity index (χ4n) is 2.48. The number of benzene rings is 2. The topological polar surface area (TPSA) is 93.2 Å². The standard InChI is InChI=1S/C20H16F2N4O3/c1-11-8-17(18(27)24-14-6-7-15(21)16(22)10-14)26-20(23-11)25-13-5-3-4-12(9-13)19(28)29-2/h3-10H,1-2H3,(H,24,27)(H,23,25,26). The monoisotopic (exact) mass is 398 g/mol. The summed E-state index contributed by atoms with van der Waals surface area (Å²) in [6.07, 6.45) is 0. The van der Waals surface area contributed by atoms with Crippen molar-refractivity contribution in [3.63, 3.8) is 0 Å². The first-order valence-electron chi connectivity index (χ1n) is 8.43. The number of hydrogen-bond donors (Lipinski definition) is 2. The highest BCUT2D eigenvalue weighted by molar-refractivity contribution is 6.03. The zero-order chi connectivity index (χ0) is 21.0. The second-order valence-electron chi connectivity index (χ2n) is 6.00. The minimum absolute atomic E-state index is 0.0221. The molecule has 1 aromatic heterocycles. The molecule has 2 aromatic carbocycles. The van der Waals surface area contributed by atoms with Crippen LogP contribution in [-0.2, 0) is 4.74 Å². The van der Waals surface area contributed by atoms with E-state index in [1.54, 1.807) is 31.2 Å². The van der Waals surface area contributed by atoms with Crippen molar-refractivity contribution in [2.45, 2.75) is 6.92 Å². The molecule has 0 bridgehead atoms. The van der Waals surface area contributed by atoms with Crippen LogP contribution in [0.25, 0.3) is 0 Å². The number of aryl methyl sites for hydroxylation is 1. The first-order valence-corrected chi connectivity index (χ1v) is 8.43. The van der Waals surface area contributed by atoms with Crippen molar-refractivity contribution in [3.05, 3.63) is 77.1 Å². The predicted octanol–water partition coefficient (Wildman–Crippen LogP) is 3.85. The van der Waals surface area contributed by atoms with Crippen LogP contribution in [0.4, 0.5) is 26.1 Å². The fourth-order valence-corrected chi connectivity index (χ4v) is 2.48. The van der Waals surface area contributed by atoms with E-state index in [4.69, 9.17) is 0 Å². The van der Waals surface area contributed by atoms with Gasteiger partial charge in [-0.25, -0.2) is 23.5 Å². The van der Waals surface area contributed by atoms with Crippen molar-refractivity contribution in [3.8, 4) is 0 Å². The maximum atomic E-state index is 13.3. The molecule has 9 heteroatoms. The molecule has 0 radical (unpaired) electrons. The van der Waals surface area contributed by atoms with Crippen LogP contribution in [0.3, 0.4) is 0 Å². The van der Waals surface area contributed by atoms with E-state index < -0.39 is 23.5 Å². The van der Waals surface area contributed by atoms with E-state index in [0.717, 1.165) is 12.1 Å². The van der Waals surface area contributed by atoms with E-state index in [2.05, 4.69) is 25.3 Å². The summed E-state index contributed by atoms with van der Waals surface area (Å²) in [4.78, 5) is 32.4. The molecule has 0 fully saturated rings. The van der Waals surface area contributed by atoms with E-state index in [9.17, 15) is 18.4 Å². The van der Waals surface area contributed by atoms with Gasteiger partial charge in [-0.15, -0.1) is 0 Å². The summed E-state index contributed by atoms with van der Waals surface area (Å²) in [5.41, 5.74) is 1.47. The van der Waals surface area contributed by atoms with E-state index in [0.29, 0.717) is 16.9 Å². The molecular formula is C20H16F2N4O3. The number of rotatable bonds is 5. The van der Waals surface area contributed by atoms with Crippen LogP contribution in [0.1, 0.15) is 26.5 Å². The number of anilines is 3. The van der Waals surface area contributed by atoms with Crippen LogP contribution in [-0.4, -0.2) is 29.0 Å². The third-order valence-corrected chi connectivity index (χ3v) is 3.80. The van der Waals surface area contributed by atoms with E-state index in [1.165, 1.54) is 19.2 Å². The van der Waals surface area contributed by atoms with Gasteiger partial charge in [0.15, 0.2) is 11.6 Å². The number of aromatic nitrogens is 2. The smallest absolute Gasteiger partial charge is 0.337 e. The van der Waals surface area contributed by atoms with Gasteiger partial charge in [0.2, 0.25) is 5.95 Å². The lowest BCUT2D eigenvalue weighted by Gasteiger charge is -2.10. The molecule has 3 rings (SSSR count). The molecule has 0 unspecified atom stereocenters. The molecule has 1 heterocycles. The van der Waals surface area contributed by atoms with Crippen molar-refractivity contribution in [2.24, 2.45) is 0 Å². The molecule has 0 saturated heterocycles. The van der Waals surface area contributed by atoms with Crippen LogP contribution < -0.4 is 10.6 Å². The third-order valence-electron chi connectivity index (χ3n) is 3.80. The number of nitrogens with zero attached hydrogens (tertiary/aromatic N) is 2. The third kappa shape index (κ3) is 4.89. The fraction of sp³-hybridized carbons (Fsp3) is 0.100. The minimum atomic E-state index is -1.07. The molecule has 1 amide bonds. The van der Waals surface area contributed by atoms with Gasteiger partial charge in [-0.2, -0.15) is 0 Å². The summed E-state index contributed by atoms with van der Waals surface area (Å²) < 4.78 is 31.0. The molecule has 0 aliphatic carbocycles. The van der Waals surface area contributed by atoms with E-state index in [1.807, 2.05) is 0 Å². The average molecular weight is 398 g/mol. The zero-order valence-corrected chi connectivity index (χ0v) is 15.5. The molecule has 2 N–H and O–H groups in total. The number of esters is 1. The number of carbonyl (C=O) groups is 2. The van der Waals surface area contributed by atoms with Gasteiger partial charge < -0.3 is 15.4 Å². The van der Waals surface area contributed by atoms with Gasteiger partial charge in [0.1, 0.15) is 5.69 Å². The Labute approximate surface area is 164 Å². The number of halogens is 2. The number of hydrogen-bond acceptors (Lipinski definition) is 6. The van der Waals surface area contributed by atoms with Gasteiger partial charge >= 0.3 is 5.97 Å². The van der Waals surface area contributed by atoms with Crippen LogP contribution in [0.15, 0.2) is 48.5 Å². The van der Waals surface area contributed by atoms with Gasteiger partial charge in [-0.1, -0.05) is 6.07 Å². The molecule has 3 aromatic rings. The number of nitrogens with one attached hydrogen (secondary N) is 2. The maximum Gasteiger partial charge on any atom is 0.337 e. The lowest BCUT2D eigenvalue weighted by atomic mass is 10.2. The minimum Gasteiger partial charge on any atom is -0.465 e. The van der Waals surface area contributed by atoms with Crippen LogP contribution in [0.2, 0.25) is 0 Å². The Morgan fingerprint density at radius 3 is 2.48 bits per heavy atom. The van der Waals surface area contributed by atoms with Crippen LogP contribution >= 0.6 is 0 Å². The highest BCUT2D eigenvalue weighted by atomic mass is 19.2. The lowest BCUT2D eigenvalue weighted by molar-refractivity contribution is 0.0600. The highest BCUT2D eigenvalue weighted by Crippen LogP contribution is 2.18.